The van der Waals surface area contributed by atoms with E-state index in [1.54, 1.807) is 11.0 Å². The van der Waals surface area contributed by atoms with Gasteiger partial charge in [-0.05, 0) is 18.9 Å². The Morgan fingerprint density at radius 2 is 2.05 bits per heavy atom. The van der Waals surface area contributed by atoms with E-state index in [-0.39, 0.29) is 11.8 Å². The topological polar surface area (TPSA) is 62.6 Å². The number of amides is 2. The number of carbonyl (C=O) groups excluding carboxylic acids is 2. The van der Waals surface area contributed by atoms with E-state index in [1.807, 2.05) is 0 Å². The van der Waals surface area contributed by atoms with Crippen LogP contribution < -0.4 is 5.32 Å². The third-order valence-corrected chi connectivity index (χ3v) is 3.34. The first kappa shape index (κ1) is 13.6. The van der Waals surface area contributed by atoms with Crippen molar-refractivity contribution in [1.82, 2.24) is 10.2 Å². The lowest BCUT2D eigenvalue weighted by Crippen LogP contribution is -2.35. The van der Waals surface area contributed by atoms with Gasteiger partial charge in [0, 0.05) is 26.1 Å². The average Bonchev–Trinajstić information content (AvgIpc) is 2.92. The van der Waals surface area contributed by atoms with Crippen LogP contribution in [0.2, 0.25) is 0 Å². The first-order valence-corrected chi connectivity index (χ1v) is 6.85. The number of nitrogens with one attached hydrogen (secondary N) is 1. The molecule has 2 rings (SSSR count). The van der Waals surface area contributed by atoms with Gasteiger partial charge in [-0.1, -0.05) is 12.8 Å². The van der Waals surface area contributed by atoms with E-state index < -0.39 is 0 Å². The largest absolute Gasteiger partial charge is 0.472 e. The molecule has 104 valence electrons. The summed E-state index contributed by atoms with van der Waals surface area (Å²) >= 11 is 0. The Kier molecular flexibility index (Phi) is 5.01. The molecule has 0 atom stereocenters. The maximum Gasteiger partial charge on any atom is 0.257 e. The molecule has 1 aliphatic heterocycles. The van der Waals surface area contributed by atoms with Gasteiger partial charge in [0.25, 0.3) is 5.91 Å². The van der Waals surface area contributed by atoms with E-state index in [0.717, 1.165) is 32.2 Å². The standard InChI is InChI=1S/C14H20N2O3/c17-13-5-9-16(8-4-2-1-3-7-15-13)14(18)12-6-10-19-11-12/h6,10-11H,1-5,7-9H2,(H,15,17). The van der Waals surface area contributed by atoms with Gasteiger partial charge in [-0.2, -0.15) is 0 Å². The number of hydrogen-bond acceptors (Lipinski definition) is 3. The SMILES string of the molecule is O=C1CCN(C(=O)c2ccoc2)CCCCCCN1. The van der Waals surface area contributed by atoms with Crippen LogP contribution in [0.4, 0.5) is 0 Å². The Morgan fingerprint density at radius 3 is 2.84 bits per heavy atom. The number of furan rings is 1. The van der Waals surface area contributed by atoms with Crippen LogP contribution in [0.3, 0.4) is 0 Å². The van der Waals surface area contributed by atoms with Crippen LogP contribution in [-0.2, 0) is 4.79 Å². The van der Waals surface area contributed by atoms with Crippen molar-refractivity contribution in [2.24, 2.45) is 0 Å². The minimum atomic E-state index is -0.0548. The Labute approximate surface area is 113 Å². The van der Waals surface area contributed by atoms with Gasteiger partial charge in [0.1, 0.15) is 6.26 Å². The maximum absolute atomic E-state index is 12.3. The number of hydrogen-bond donors (Lipinski definition) is 1. The predicted molar refractivity (Wildman–Crippen MR) is 70.7 cm³/mol. The zero-order valence-electron chi connectivity index (χ0n) is 11.1. The van der Waals surface area contributed by atoms with E-state index in [9.17, 15) is 9.59 Å². The summed E-state index contributed by atoms with van der Waals surface area (Å²) in [5.41, 5.74) is 0.551. The first-order chi connectivity index (χ1) is 9.27. The number of nitrogens with zero attached hydrogens (tertiary/aromatic N) is 1. The molecule has 1 fully saturated rings. The summed E-state index contributed by atoms with van der Waals surface area (Å²) < 4.78 is 4.94. The molecule has 5 heteroatoms. The van der Waals surface area contributed by atoms with Crippen LogP contribution in [0, 0.1) is 0 Å². The number of carbonyl (C=O) groups is 2. The van der Waals surface area contributed by atoms with Gasteiger partial charge >= 0.3 is 0 Å². The highest BCUT2D eigenvalue weighted by Gasteiger charge is 2.18. The van der Waals surface area contributed by atoms with Crippen LogP contribution in [0.5, 0.6) is 0 Å². The Morgan fingerprint density at radius 1 is 1.21 bits per heavy atom. The lowest BCUT2D eigenvalue weighted by molar-refractivity contribution is -0.121. The van der Waals surface area contributed by atoms with Gasteiger partial charge in [-0.3, -0.25) is 9.59 Å². The average molecular weight is 264 g/mol. The molecule has 0 unspecified atom stereocenters. The van der Waals surface area contributed by atoms with Crippen molar-refractivity contribution in [3.63, 3.8) is 0 Å². The molecule has 0 radical (unpaired) electrons. The fourth-order valence-corrected chi connectivity index (χ4v) is 2.22. The summed E-state index contributed by atoms with van der Waals surface area (Å²) in [7, 11) is 0. The zero-order chi connectivity index (χ0) is 13.5. The fourth-order valence-electron chi connectivity index (χ4n) is 2.22. The van der Waals surface area contributed by atoms with Crippen molar-refractivity contribution in [1.29, 1.82) is 0 Å². The van der Waals surface area contributed by atoms with Gasteiger partial charge in [-0.15, -0.1) is 0 Å². The van der Waals surface area contributed by atoms with Crippen molar-refractivity contribution in [2.45, 2.75) is 32.1 Å². The minimum absolute atomic E-state index is 0.0203. The van der Waals surface area contributed by atoms with Crippen molar-refractivity contribution >= 4 is 11.8 Å². The van der Waals surface area contributed by atoms with Gasteiger partial charge in [-0.25, -0.2) is 0 Å². The monoisotopic (exact) mass is 264 g/mol. The molecule has 0 spiro atoms. The molecule has 1 aliphatic rings. The van der Waals surface area contributed by atoms with Crippen LogP contribution in [-0.4, -0.2) is 36.3 Å². The third kappa shape index (κ3) is 4.12. The van der Waals surface area contributed by atoms with Gasteiger partial charge < -0.3 is 14.6 Å². The molecular formula is C14H20N2O3. The molecule has 1 aromatic rings. The molecule has 0 bridgehead atoms. The fraction of sp³-hybridized carbons (Fsp3) is 0.571. The second kappa shape index (κ2) is 6.97. The number of rotatable bonds is 1. The Balaban J connectivity index is 1.98. The highest BCUT2D eigenvalue weighted by atomic mass is 16.3. The molecular weight excluding hydrogens is 244 g/mol. The molecule has 0 aliphatic carbocycles. The summed E-state index contributed by atoms with van der Waals surface area (Å²) in [5, 5.41) is 2.88. The molecule has 1 saturated heterocycles. The molecule has 5 nitrogen and oxygen atoms in total. The first-order valence-electron chi connectivity index (χ1n) is 6.85. The van der Waals surface area contributed by atoms with E-state index in [4.69, 9.17) is 4.42 Å². The summed E-state index contributed by atoms with van der Waals surface area (Å²) in [4.78, 5) is 25.6. The van der Waals surface area contributed by atoms with Crippen LogP contribution in [0.25, 0.3) is 0 Å². The van der Waals surface area contributed by atoms with Gasteiger partial charge in [0.2, 0.25) is 5.91 Å². The lowest BCUT2D eigenvalue weighted by Gasteiger charge is -2.21. The second-order valence-electron chi connectivity index (χ2n) is 4.82. The molecule has 1 aromatic heterocycles. The summed E-state index contributed by atoms with van der Waals surface area (Å²) in [6.07, 6.45) is 7.49. The lowest BCUT2D eigenvalue weighted by atomic mass is 10.2. The van der Waals surface area contributed by atoms with Crippen LogP contribution in [0.15, 0.2) is 23.0 Å². The molecule has 2 heterocycles. The normalized spacial score (nSPS) is 18.5. The van der Waals surface area contributed by atoms with Gasteiger partial charge in [0.05, 0.1) is 11.8 Å². The van der Waals surface area contributed by atoms with Crippen LogP contribution >= 0.6 is 0 Å². The van der Waals surface area contributed by atoms with Crippen molar-refractivity contribution in [3.05, 3.63) is 24.2 Å². The summed E-state index contributed by atoms with van der Waals surface area (Å²) in [6.45, 7) is 1.92. The second-order valence-corrected chi connectivity index (χ2v) is 4.82. The summed E-state index contributed by atoms with van der Waals surface area (Å²) in [6, 6.07) is 1.66. The molecule has 2 amide bonds. The van der Waals surface area contributed by atoms with Crippen molar-refractivity contribution < 1.29 is 14.0 Å². The molecule has 0 saturated carbocycles. The molecule has 0 aromatic carbocycles. The van der Waals surface area contributed by atoms with E-state index >= 15 is 0 Å². The van der Waals surface area contributed by atoms with E-state index in [2.05, 4.69) is 5.32 Å². The Hall–Kier alpha value is -1.78. The zero-order valence-corrected chi connectivity index (χ0v) is 11.1. The molecule has 19 heavy (non-hydrogen) atoms. The minimum Gasteiger partial charge on any atom is -0.472 e. The highest BCUT2D eigenvalue weighted by molar-refractivity contribution is 5.94. The van der Waals surface area contributed by atoms with E-state index in [0.29, 0.717) is 25.1 Å². The molecule has 1 N–H and O–H groups in total. The van der Waals surface area contributed by atoms with Crippen molar-refractivity contribution in [3.8, 4) is 0 Å². The van der Waals surface area contributed by atoms with Crippen LogP contribution in [0.1, 0.15) is 42.5 Å². The van der Waals surface area contributed by atoms with Crippen molar-refractivity contribution in [2.75, 3.05) is 19.6 Å². The predicted octanol–water partition coefficient (Wildman–Crippen LogP) is 1.80. The highest BCUT2D eigenvalue weighted by Crippen LogP contribution is 2.10. The quantitative estimate of drug-likeness (QED) is 0.841. The third-order valence-electron chi connectivity index (χ3n) is 3.34. The Bertz CT molecular complexity index is 414. The van der Waals surface area contributed by atoms with E-state index in [1.165, 1.54) is 12.5 Å². The maximum atomic E-state index is 12.3. The van der Waals surface area contributed by atoms with Gasteiger partial charge in [0.15, 0.2) is 0 Å². The summed E-state index contributed by atoms with van der Waals surface area (Å²) in [5.74, 6) is -0.0345. The smallest absolute Gasteiger partial charge is 0.257 e.